The molecule has 2 rings (SSSR count). The molecule has 0 aromatic rings. The van der Waals surface area contributed by atoms with Crippen molar-refractivity contribution in [3.8, 4) is 0 Å². The van der Waals surface area contributed by atoms with E-state index in [1.54, 1.807) is 0 Å². The summed E-state index contributed by atoms with van der Waals surface area (Å²) < 4.78 is 0. The van der Waals surface area contributed by atoms with Gasteiger partial charge in [-0.15, -0.1) is 0 Å². The largest absolute Gasteiger partial charge is 0.396 e. The molecule has 2 unspecified atom stereocenters. The van der Waals surface area contributed by atoms with Crippen molar-refractivity contribution in [1.29, 1.82) is 0 Å². The maximum atomic E-state index is 9.13. The third kappa shape index (κ3) is 0.926. The summed E-state index contributed by atoms with van der Waals surface area (Å²) in [5.41, 5.74) is 0.575. The van der Waals surface area contributed by atoms with Crippen molar-refractivity contribution in [2.75, 3.05) is 6.61 Å². The van der Waals surface area contributed by atoms with Gasteiger partial charge in [-0.05, 0) is 33.1 Å². The highest BCUT2D eigenvalue weighted by atomic mass is 16.3. The summed E-state index contributed by atoms with van der Waals surface area (Å²) in [7, 11) is 0. The first-order valence-corrected chi connectivity index (χ1v) is 4.48. The molecular weight excluding hydrogens is 138 g/mol. The van der Waals surface area contributed by atoms with Crippen LogP contribution in [0, 0.1) is 5.92 Å². The molecule has 0 aromatic carbocycles. The van der Waals surface area contributed by atoms with E-state index in [1.807, 2.05) is 0 Å². The fraction of sp³-hybridized carbons (Fsp3) is 1.00. The van der Waals surface area contributed by atoms with Crippen LogP contribution in [-0.2, 0) is 0 Å². The molecule has 3 atom stereocenters. The molecule has 11 heavy (non-hydrogen) atoms. The maximum Gasteiger partial charge on any atom is 0.0477 e. The molecule has 0 spiro atoms. The summed E-state index contributed by atoms with van der Waals surface area (Å²) >= 11 is 0. The van der Waals surface area contributed by atoms with Gasteiger partial charge in [0.05, 0.1) is 0 Å². The Kier molecular flexibility index (Phi) is 1.37. The lowest BCUT2D eigenvalue weighted by Crippen LogP contribution is -2.41. The minimum Gasteiger partial charge on any atom is -0.396 e. The summed E-state index contributed by atoms with van der Waals surface area (Å²) in [6.07, 6.45) is 3.66. The van der Waals surface area contributed by atoms with Crippen LogP contribution in [0.4, 0.5) is 0 Å². The summed E-state index contributed by atoms with van der Waals surface area (Å²) in [6, 6.07) is 0. The maximum absolute atomic E-state index is 9.13. The fourth-order valence-electron chi connectivity index (χ4n) is 2.84. The molecule has 0 saturated carbocycles. The molecule has 2 aliphatic rings. The lowest BCUT2D eigenvalue weighted by Gasteiger charge is -2.29. The lowest BCUT2D eigenvalue weighted by atomic mass is 9.76. The molecule has 2 heteroatoms. The molecule has 2 bridgehead atoms. The third-order valence-electron chi connectivity index (χ3n) is 3.60. The van der Waals surface area contributed by atoms with Gasteiger partial charge < -0.3 is 10.4 Å². The van der Waals surface area contributed by atoms with E-state index in [0.717, 1.165) is 6.42 Å². The molecule has 64 valence electrons. The minimum absolute atomic E-state index is 0.240. The Balaban J connectivity index is 2.22. The van der Waals surface area contributed by atoms with Crippen LogP contribution in [0.3, 0.4) is 0 Å². The summed E-state index contributed by atoms with van der Waals surface area (Å²) in [6.45, 7) is 4.86. The van der Waals surface area contributed by atoms with Crippen molar-refractivity contribution < 1.29 is 5.11 Å². The van der Waals surface area contributed by atoms with Crippen LogP contribution in [-0.4, -0.2) is 22.8 Å². The molecule has 0 radical (unpaired) electrons. The highest BCUT2D eigenvalue weighted by Gasteiger charge is 2.54. The van der Waals surface area contributed by atoms with E-state index in [4.69, 9.17) is 5.11 Å². The molecule has 2 aliphatic heterocycles. The zero-order chi connectivity index (χ0) is 8.11. The average Bonchev–Trinajstić information content (AvgIpc) is 2.36. The Morgan fingerprint density at radius 1 is 1.45 bits per heavy atom. The number of rotatable bonds is 1. The molecule has 0 amide bonds. The van der Waals surface area contributed by atoms with E-state index in [-0.39, 0.29) is 5.54 Å². The SMILES string of the molecule is CC12CCC(C)(N1)[C@H](CO)C2. The van der Waals surface area contributed by atoms with E-state index in [9.17, 15) is 0 Å². The minimum atomic E-state index is 0.240. The monoisotopic (exact) mass is 155 g/mol. The van der Waals surface area contributed by atoms with Gasteiger partial charge in [0.1, 0.15) is 0 Å². The van der Waals surface area contributed by atoms with Crippen molar-refractivity contribution in [3.63, 3.8) is 0 Å². The Hall–Kier alpha value is -0.0800. The second-order valence-corrected chi connectivity index (χ2v) is 4.69. The number of fused-ring (bicyclic) bond motifs is 2. The van der Waals surface area contributed by atoms with E-state index in [1.165, 1.54) is 12.8 Å². The van der Waals surface area contributed by atoms with E-state index < -0.39 is 0 Å². The molecule has 2 heterocycles. The van der Waals surface area contributed by atoms with E-state index >= 15 is 0 Å². The van der Waals surface area contributed by atoms with Gasteiger partial charge >= 0.3 is 0 Å². The van der Waals surface area contributed by atoms with Crippen molar-refractivity contribution in [2.45, 2.75) is 44.2 Å². The first-order chi connectivity index (χ1) is 5.08. The van der Waals surface area contributed by atoms with Crippen molar-refractivity contribution in [2.24, 2.45) is 5.92 Å². The Bertz CT molecular complexity index is 182. The first kappa shape index (κ1) is 7.56. The van der Waals surface area contributed by atoms with Gasteiger partial charge in [0, 0.05) is 23.6 Å². The number of hydrogen-bond acceptors (Lipinski definition) is 2. The van der Waals surface area contributed by atoms with Crippen molar-refractivity contribution in [3.05, 3.63) is 0 Å². The summed E-state index contributed by atoms with van der Waals surface area (Å²) in [5, 5.41) is 12.7. The zero-order valence-corrected chi connectivity index (χ0v) is 7.35. The van der Waals surface area contributed by atoms with Gasteiger partial charge in [0.15, 0.2) is 0 Å². The highest BCUT2D eigenvalue weighted by molar-refractivity contribution is 5.13. The predicted molar refractivity (Wildman–Crippen MR) is 44.4 cm³/mol. The topological polar surface area (TPSA) is 32.3 Å². The van der Waals surface area contributed by atoms with Gasteiger partial charge in [-0.1, -0.05) is 0 Å². The van der Waals surface area contributed by atoms with Crippen LogP contribution in [0.25, 0.3) is 0 Å². The van der Waals surface area contributed by atoms with E-state index in [2.05, 4.69) is 19.2 Å². The standard InChI is InChI=1S/C9H17NO/c1-8-3-4-9(2,10-8)7(5-8)6-11/h7,10-11H,3-6H2,1-2H3/t7-,8?,9?/m0/s1. The zero-order valence-electron chi connectivity index (χ0n) is 7.35. The molecule has 0 aromatic heterocycles. The Labute approximate surface area is 68.0 Å². The van der Waals surface area contributed by atoms with Crippen LogP contribution < -0.4 is 5.32 Å². The van der Waals surface area contributed by atoms with Crippen LogP contribution in [0.2, 0.25) is 0 Å². The van der Waals surface area contributed by atoms with Gasteiger partial charge in [0.2, 0.25) is 0 Å². The summed E-state index contributed by atoms with van der Waals surface area (Å²) in [4.78, 5) is 0. The molecule has 2 N–H and O–H groups in total. The smallest absolute Gasteiger partial charge is 0.0477 e. The highest BCUT2D eigenvalue weighted by Crippen LogP contribution is 2.47. The fourth-order valence-corrected chi connectivity index (χ4v) is 2.84. The van der Waals surface area contributed by atoms with Gasteiger partial charge in [-0.2, -0.15) is 0 Å². The molecule has 2 fully saturated rings. The second-order valence-electron chi connectivity index (χ2n) is 4.69. The number of aliphatic hydroxyl groups excluding tert-OH is 1. The van der Waals surface area contributed by atoms with Crippen molar-refractivity contribution >= 4 is 0 Å². The normalized spacial score (nSPS) is 55.4. The molecule has 2 saturated heterocycles. The quantitative estimate of drug-likeness (QED) is 0.589. The lowest BCUT2D eigenvalue weighted by molar-refractivity contribution is 0.158. The number of aliphatic hydroxyl groups is 1. The van der Waals surface area contributed by atoms with Gasteiger partial charge in [-0.25, -0.2) is 0 Å². The molecular formula is C9H17NO. The summed E-state index contributed by atoms with van der Waals surface area (Å²) in [5.74, 6) is 0.487. The van der Waals surface area contributed by atoms with Gasteiger partial charge in [0.25, 0.3) is 0 Å². The van der Waals surface area contributed by atoms with Crippen molar-refractivity contribution in [1.82, 2.24) is 5.32 Å². The van der Waals surface area contributed by atoms with E-state index in [0.29, 0.717) is 18.1 Å². The van der Waals surface area contributed by atoms with Crippen LogP contribution in [0.5, 0.6) is 0 Å². The number of nitrogens with one attached hydrogen (secondary N) is 1. The predicted octanol–water partition coefficient (Wildman–Crippen LogP) is 0.899. The number of hydrogen-bond donors (Lipinski definition) is 2. The van der Waals surface area contributed by atoms with Crippen LogP contribution in [0.15, 0.2) is 0 Å². The Morgan fingerprint density at radius 3 is 2.45 bits per heavy atom. The molecule has 0 aliphatic carbocycles. The third-order valence-corrected chi connectivity index (χ3v) is 3.60. The first-order valence-electron chi connectivity index (χ1n) is 4.48. The average molecular weight is 155 g/mol. The molecule has 2 nitrogen and oxygen atoms in total. The Morgan fingerprint density at radius 2 is 2.18 bits per heavy atom. The van der Waals surface area contributed by atoms with Crippen LogP contribution in [0.1, 0.15) is 33.1 Å². The van der Waals surface area contributed by atoms with Gasteiger partial charge in [-0.3, -0.25) is 0 Å². The van der Waals surface area contributed by atoms with Crippen LogP contribution >= 0.6 is 0 Å². The second kappa shape index (κ2) is 1.99.